The topological polar surface area (TPSA) is 193 Å². The summed E-state index contributed by atoms with van der Waals surface area (Å²) in [6, 6.07) is -2.31. The van der Waals surface area contributed by atoms with Gasteiger partial charge in [-0.05, 0) is 6.42 Å². The molecular weight excluding hydrogens is 390 g/mol. The fourth-order valence-corrected chi connectivity index (χ4v) is 3.88. The van der Waals surface area contributed by atoms with Crippen LogP contribution >= 0.6 is 11.8 Å². The summed E-state index contributed by atoms with van der Waals surface area (Å²) in [5, 5.41) is 21.7. The molecule has 13 heteroatoms. The van der Waals surface area contributed by atoms with E-state index in [0.29, 0.717) is 0 Å². The molecule has 0 saturated heterocycles. The molecule has 11 nitrogen and oxygen atoms in total. The van der Waals surface area contributed by atoms with E-state index in [1.165, 1.54) is 0 Å². The summed E-state index contributed by atoms with van der Waals surface area (Å²) < 4.78 is 22.2. The maximum Gasteiger partial charge on any atom is 0.322 e. The number of carboxylic acids is 2. The summed E-state index contributed by atoms with van der Waals surface area (Å²) in [7, 11) is -3.17. The van der Waals surface area contributed by atoms with Crippen LogP contribution in [0.3, 0.4) is 0 Å². The van der Waals surface area contributed by atoms with Gasteiger partial charge < -0.3 is 26.6 Å². The lowest BCUT2D eigenvalue weighted by Gasteiger charge is -2.18. The minimum atomic E-state index is -3.17. The predicted octanol–water partition coefficient (Wildman–Crippen LogP) is -2.36. The average molecular weight is 413 g/mol. The van der Waals surface area contributed by atoms with Gasteiger partial charge in [0.1, 0.15) is 28.5 Å². The van der Waals surface area contributed by atoms with Crippen LogP contribution in [-0.2, 0) is 29.0 Å². The van der Waals surface area contributed by atoms with Gasteiger partial charge in [0.05, 0.1) is 5.75 Å². The van der Waals surface area contributed by atoms with Crippen molar-refractivity contribution in [1.29, 1.82) is 0 Å². The molecule has 6 N–H and O–H groups in total. The number of hydrogen-bond acceptors (Lipinski definition) is 8. The first kappa shape index (κ1) is 24.1. The molecule has 0 aliphatic carbocycles. The number of nitrogens with two attached hydrogens (primary N) is 1. The molecule has 0 fully saturated rings. The standard InChI is InChI=1S/C13H23N3O8S2/c1-26(23,24)5-4-25-7-9(12(20)15-6-11(18)19)16-10(17)3-2-8(14)13(21)22/h8-9H,2-7,14H2,1H3,(H,15,20)(H,16,17)(H,18,19)(H,21,22)/t8-,9-/m0/s1. The molecule has 26 heavy (non-hydrogen) atoms. The smallest absolute Gasteiger partial charge is 0.322 e. The summed E-state index contributed by atoms with van der Waals surface area (Å²) >= 11 is 1.10. The summed E-state index contributed by atoms with van der Waals surface area (Å²) in [6.45, 7) is -0.636. The molecule has 0 unspecified atom stereocenters. The minimum Gasteiger partial charge on any atom is -0.480 e. The molecule has 2 atom stereocenters. The van der Waals surface area contributed by atoms with Crippen molar-refractivity contribution in [3.63, 3.8) is 0 Å². The number of aliphatic carboxylic acids is 2. The van der Waals surface area contributed by atoms with Crippen molar-refractivity contribution in [2.75, 3.05) is 30.1 Å². The monoisotopic (exact) mass is 413 g/mol. The van der Waals surface area contributed by atoms with Crippen LogP contribution in [0.1, 0.15) is 12.8 Å². The second kappa shape index (κ2) is 11.7. The number of thioether (sulfide) groups is 1. The Morgan fingerprint density at radius 1 is 1.19 bits per heavy atom. The molecule has 0 saturated carbocycles. The third-order valence-electron chi connectivity index (χ3n) is 2.95. The number of carboxylic acid groups (broad SMARTS) is 2. The lowest BCUT2D eigenvalue weighted by molar-refractivity contribution is -0.139. The van der Waals surface area contributed by atoms with Crippen molar-refractivity contribution < 1.29 is 37.8 Å². The second-order valence-electron chi connectivity index (χ2n) is 5.42. The van der Waals surface area contributed by atoms with Gasteiger partial charge in [0.2, 0.25) is 11.8 Å². The third-order valence-corrected chi connectivity index (χ3v) is 5.21. The molecule has 0 aromatic carbocycles. The predicted molar refractivity (Wildman–Crippen MR) is 94.5 cm³/mol. The SMILES string of the molecule is CS(=O)(=O)CCSC[C@H](NC(=O)CC[C@H](N)C(=O)O)C(=O)NCC(=O)O. The van der Waals surface area contributed by atoms with Crippen LogP contribution in [0.4, 0.5) is 0 Å². The van der Waals surface area contributed by atoms with Crippen LogP contribution in [0.25, 0.3) is 0 Å². The molecule has 0 rings (SSSR count). The second-order valence-corrected chi connectivity index (χ2v) is 8.83. The molecule has 0 heterocycles. The van der Waals surface area contributed by atoms with Gasteiger partial charge in [-0.3, -0.25) is 19.2 Å². The molecule has 150 valence electrons. The van der Waals surface area contributed by atoms with Crippen molar-refractivity contribution in [2.45, 2.75) is 24.9 Å². The maximum atomic E-state index is 12.0. The number of carbonyl (C=O) groups excluding carboxylic acids is 2. The Kier molecular flexibility index (Phi) is 10.9. The molecule has 0 aromatic rings. The van der Waals surface area contributed by atoms with E-state index in [-0.39, 0.29) is 30.1 Å². The first-order chi connectivity index (χ1) is 11.9. The van der Waals surface area contributed by atoms with Gasteiger partial charge in [-0.1, -0.05) is 0 Å². The summed E-state index contributed by atoms with van der Waals surface area (Å²) in [5.41, 5.74) is 5.29. The van der Waals surface area contributed by atoms with Crippen LogP contribution < -0.4 is 16.4 Å². The summed E-state index contributed by atoms with van der Waals surface area (Å²) in [5.74, 6) is -3.77. The van der Waals surface area contributed by atoms with Gasteiger partial charge in [0.15, 0.2) is 0 Å². The number of sulfone groups is 1. The molecule has 0 aliphatic heterocycles. The molecule has 0 aliphatic rings. The van der Waals surface area contributed by atoms with E-state index in [0.717, 1.165) is 18.0 Å². The average Bonchev–Trinajstić information content (AvgIpc) is 2.51. The number of rotatable bonds is 13. The van der Waals surface area contributed by atoms with Gasteiger partial charge in [-0.2, -0.15) is 11.8 Å². The van der Waals surface area contributed by atoms with Crippen LogP contribution in [0.15, 0.2) is 0 Å². The fraction of sp³-hybridized carbons (Fsp3) is 0.692. The zero-order valence-corrected chi connectivity index (χ0v) is 15.8. The van der Waals surface area contributed by atoms with E-state index in [9.17, 15) is 27.6 Å². The van der Waals surface area contributed by atoms with Gasteiger partial charge >= 0.3 is 11.9 Å². The fourth-order valence-electron chi connectivity index (χ4n) is 1.56. The molecule has 0 spiro atoms. The Labute approximate surface area is 155 Å². The summed E-state index contributed by atoms with van der Waals surface area (Å²) in [4.78, 5) is 45.0. The van der Waals surface area contributed by atoms with E-state index in [2.05, 4.69) is 10.6 Å². The third kappa shape index (κ3) is 12.5. The van der Waals surface area contributed by atoms with Crippen LogP contribution in [0, 0.1) is 0 Å². The zero-order chi connectivity index (χ0) is 20.3. The van der Waals surface area contributed by atoms with Crippen molar-refractivity contribution in [2.24, 2.45) is 5.73 Å². The lowest BCUT2D eigenvalue weighted by atomic mass is 10.1. The van der Waals surface area contributed by atoms with Crippen molar-refractivity contribution >= 4 is 45.4 Å². The van der Waals surface area contributed by atoms with E-state index >= 15 is 0 Å². The normalized spacial score (nSPS) is 13.5. The van der Waals surface area contributed by atoms with Crippen LogP contribution in [0.2, 0.25) is 0 Å². The lowest BCUT2D eigenvalue weighted by Crippen LogP contribution is -2.49. The number of nitrogens with one attached hydrogen (secondary N) is 2. The highest BCUT2D eigenvalue weighted by Gasteiger charge is 2.22. The highest BCUT2D eigenvalue weighted by atomic mass is 32.2. The molecular formula is C13H23N3O8S2. The van der Waals surface area contributed by atoms with E-state index in [4.69, 9.17) is 15.9 Å². The van der Waals surface area contributed by atoms with E-state index in [1.807, 2.05) is 0 Å². The van der Waals surface area contributed by atoms with Crippen molar-refractivity contribution in [1.82, 2.24) is 10.6 Å². The Hall–Kier alpha value is -1.86. The molecule has 0 aromatic heterocycles. The van der Waals surface area contributed by atoms with E-state index < -0.39 is 52.2 Å². The van der Waals surface area contributed by atoms with Crippen molar-refractivity contribution in [3.05, 3.63) is 0 Å². The Bertz CT molecular complexity index is 623. The molecule has 2 amide bonds. The highest BCUT2D eigenvalue weighted by Crippen LogP contribution is 2.06. The van der Waals surface area contributed by atoms with Gasteiger partial charge in [0, 0.05) is 24.2 Å². The largest absolute Gasteiger partial charge is 0.480 e. The number of hydrogen-bond donors (Lipinski definition) is 5. The van der Waals surface area contributed by atoms with Gasteiger partial charge in [-0.25, -0.2) is 8.42 Å². The highest BCUT2D eigenvalue weighted by molar-refractivity contribution is 8.00. The number of amides is 2. The van der Waals surface area contributed by atoms with E-state index in [1.54, 1.807) is 0 Å². The Morgan fingerprint density at radius 2 is 1.81 bits per heavy atom. The van der Waals surface area contributed by atoms with Crippen LogP contribution in [-0.4, -0.2) is 84.5 Å². The Balaban J connectivity index is 4.64. The maximum absolute atomic E-state index is 12.0. The Morgan fingerprint density at radius 3 is 2.31 bits per heavy atom. The molecule has 0 radical (unpaired) electrons. The summed E-state index contributed by atoms with van der Waals surface area (Å²) in [6.07, 6.45) is 0.702. The van der Waals surface area contributed by atoms with Crippen molar-refractivity contribution in [3.8, 4) is 0 Å². The van der Waals surface area contributed by atoms with Crippen LogP contribution in [0.5, 0.6) is 0 Å². The first-order valence-corrected chi connectivity index (χ1v) is 10.7. The minimum absolute atomic E-state index is 0.0255. The quantitative estimate of drug-likeness (QED) is 0.204. The van der Waals surface area contributed by atoms with Gasteiger partial charge in [-0.15, -0.1) is 0 Å². The van der Waals surface area contributed by atoms with Gasteiger partial charge in [0.25, 0.3) is 0 Å². The first-order valence-electron chi connectivity index (χ1n) is 7.45. The zero-order valence-electron chi connectivity index (χ0n) is 14.1. The number of carbonyl (C=O) groups is 4. The molecule has 0 bridgehead atoms.